The summed E-state index contributed by atoms with van der Waals surface area (Å²) >= 11 is 0. The third-order valence-electron chi connectivity index (χ3n) is 5.64. The van der Waals surface area contributed by atoms with Crippen LogP contribution in [0.1, 0.15) is 77.3 Å². The Morgan fingerprint density at radius 2 is 1.77 bits per heavy atom. The number of fused-ring (bicyclic) bond motifs is 2. The third kappa shape index (κ3) is 4.06. The molecule has 2 unspecified atom stereocenters. The summed E-state index contributed by atoms with van der Waals surface area (Å²) in [6.07, 6.45) is 6.13. The van der Waals surface area contributed by atoms with Crippen LogP contribution in [0.25, 0.3) is 0 Å². The fourth-order valence-corrected chi connectivity index (χ4v) is 4.55. The number of carbonyl (C=O) groups excluding carboxylic acids is 1. The molecular formula is C22H33NO3. The van der Waals surface area contributed by atoms with Gasteiger partial charge >= 0.3 is 6.09 Å². The average Bonchev–Trinajstić information content (AvgIpc) is 2.53. The maximum Gasteiger partial charge on any atom is 0.410 e. The van der Waals surface area contributed by atoms with Gasteiger partial charge in [0.05, 0.1) is 5.60 Å². The van der Waals surface area contributed by atoms with Gasteiger partial charge in [0.15, 0.2) is 0 Å². The number of piperidine rings is 2. The molecule has 2 aliphatic heterocycles. The Morgan fingerprint density at radius 1 is 1.19 bits per heavy atom. The molecule has 2 heterocycles. The molecule has 0 aliphatic carbocycles. The van der Waals surface area contributed by atoms with Crippen molar-refractivity contribution in [3.63, 3.8) is 0 Å². The summed E-state index contributed by atoms with van der Waals surface area (Å²) in [6, 6.07) is 8.52. The fraction of sp³-hybridized carbons (Fsp3) is 0.682. The van der Waals surface area contributed by atoms with Crippen molar-refractivity contribution in [1.29, 1.82) is 0 Å². The van der Waals surface area contributed by atoms with Crippen LogP contribution in [0.3, 0.4) is 0 Å². The van der Waals surface area contributed by atoms with E-state index in [1.54, 1.807) is 0 Å². The highest BCUT2D eigenvalue weighted by molar-refractivity contribution is 5.69. The van der Waals surface area contributed by atoms with Crippen molar-refractivity contribution in [2.45, 2.75) is 95.9 Å². The first-order valence-electron chi connectivity index (χ1n) is 10.0. The summed E-state index contributed by atoms with van der Waals surface area (Å²) in [5.74, 6) is 0. The Kier molecular flexibility index (Phi) is 5.34. The standard InChI is InChI=1S/C22H33NO3/c1-5-7-16-10-12-17(13-11-16)22(25)14-18-8-6-9-19(15-22)23(18)20(24)26-21(2,3)4/h10-13,18-19,25H,5-9,14-15H2,1-4H3. The maximum absolute atomic E-state index is 12.7. The largest absolute Gasteiger partial charge is 0.444 e. The Bertz CT molecular complexity index is 618. The highest BCUT2D eigenvalue weighted by Crippen LogP contribution is 2.44. The smallest absolute Gasteiger partial charge is 0.410 e. The second-order valence-corrected chi connectivity index (χ2v) is 9.01. The number of benzene rings is 1. The number of aliphatic hydroxyl groups is 1. The van der Waals surface area contributed by atoms with Crippen LogP contribution in [0.15, 0.2) is 24.3 Å². The number of carbonyl (C=O) groups is 1. The van der Waals surface area contributed by atoms with Gasteiger partial charge in [0, 0.05) is 24.9 Å². The van der Waals surface area contributed by atoms with Crippen molar-refractivity contribution in [2.24, 2.45) is 0 Å². The van der Waals surface area contributed by atoms with E-state index in [4.69, 9.17) is 4.74 Å². The minimum atomic E-state index is -0.848. The first-order chi connectivity index (χ1) is 12.2. The monoisotopic (exact) mass is 359 g/mol. The molecule has 1 aromatic carbocycles. The predicted octanol–water partition coefficient (Wildman–Crippen LogP) is 4.78. The molecule has 1 aromatic rings. The van der Waals surface area contributed by atoms with Crippen molar-refractivity contribution >= 4 is 6.09 Å². The van der Waals surface area contributed by atoms with Gasteiger partial charge in [0.1, 0.15) is 5.60 Å². The van der Waals surface area contributed by atoms with Crippen LogP contribution in [-0.4, -0.2) is 33.8 Å². The second kappa shape index (κ2) is 7.22. The molecular weight excluding hydrogens is 326 g/mol. The predicted molar refractivity (Wildman–Crippen MR) is 103 cm³/mol. The van der Waals surface area contributed by atoms with Gasteiger partial charge in [-0.05, 0) is 57.6 Å². The molecule has 0 radical (unpaired) electrons. The second-order valence-electron chi connectivity index (χ2n) is 9.01. The molecule has 2 aliphatic rings. The first-order valence-corrected chi connectivity index (χ1v) is 10.0. The SMILES string of the molecule is CCCc1ccc(C2(O)CC3CCCC(C2)N3C(=O)OC(C)(C)C)cc1. The Balaban J connectivity index is 1.79. The summed E-state index contributed by atoms with van der Waals surface area (Å²) in [6.45, 7) is 7.88. The van der Waals surface area contributed by atoms with Gasteiger partial charge in [-0.2, -0.15) is 0 Å². The van der Waals surface area contributed by atoms with E-state index in [-0.39, 0.29) is 18.2 Å². The quantitative estimate of drug-likeness (QED) is 0.845. The van der Waals surface area contributed by atoms with E-state index >= 15 is 0 Å². The number of hydrogen-bond acceptors (Lipinski definition) is 3. The number of aryl methyl sites for hydroxylation is 1. The van der Waals surface area contributed by atoms with Crippen LogP contribution in [-0.2, 0) is 16.8 Å². The molecule has 144 valence electrons. The highest BCUT2D eigenvalue weighted by Gasteiger charge is 2.49. The lowest BCUT2D eigenvalue weighted by Crippen LogP contribution is -2.59. The molecule has 2 atom stereocenters. The van der Waals surface area contributed by atoms with Crippen LogP contribution in [0.5, 0.6) is 0 Å². The molecule has 2 fully saturated rings. The van der Waals surface area contributed by atoms with Crippen LogP contribution in [0.2, 0.25) is 0 Å². The molecule has 4 heteroatoms. The molecule has 4 nitrogen and oxygen atoms in total. The molecule has 0 spiro atoms. The minimum Gasteiger partial charge on any atom is -0.444 e. The van der Waals surface area contributed by atoms with Gasteiger partial charge in [0.2, 0.25) is 0 Å². The fourth-order valence-electron chi connectivity index (χ4n) is 4.55. The molecule has 1 amide bonds. The van der Waals surface area contributed by atoms with Crippen molar-refractivity contribution in [1.82, 2.24) is 4.90 Å². The summed E-state index contributed by atoms with van der Waals surface area (Å²) in [5.41, 5.74) is 0.956. The van der Waals surface area contributed by atoms with Crippen molar-refractivity contribution in [2.75, 3.05) is 0 Å². The summed E-state index contributed by atoms with van der Waals surface area (Å²) in [7, 11) is 0. The van der Waals surface area contributed by atoms with Crippen LogP contribution >= 0.6 is 0 Å². The van der Waals surface area contributed by atoms with Gasteiger partial charge in [-0.3, -0.25) is 0 Å². The number of rotatable bonds is 3. The molecule has 2 bridgehead atoms. The van der Waals surface area contributed by atoms with Gasteiger partial charge in [-0.1, -0.05) is 37.6 Å². The zero-order valence-corrected chi connectivity index (χ0v) is 16.6. The average molecular weight is 360 g/mol. The Hall–Kier alpha value is -1.55. The van der Waals surface area contributed by atoms with Crippen LogP contribution in [0.4, 0.5) is 4.79 Å². The molecule has 3 rings (SSSR count). The van der Waals surface area contributed by atoms with Crippen molar-refractivity contribution in [3.8, 4) is 0 Å². The van der Waals surface area contributed by atoms with E-state index in [2.05, 4.69) is 31.2 Å². The van der Waals surface area contributed by atoms with Crippen LogP contribution < -0.4 is 0 Å². The van der Waals surface area contributed by atoms with E-state index in [0.29, 0.717) is 12.8 Å². The number of hydrogen-bond donors (Lipinski definition) is 1. The van der Waals surface area contributed by atoms with Gasteiger partial charge in [0.25, 0.3) is 0 Å². The normalized spacial score (nSPS) is 28.7. The third-order valence-corrected chi connectivity index (χ3v) is 5.64. The lowest BCUT2D eigenvalue weighted by molar-refractivity contribution is -0.0965. The van der Waals surface area contributed by atoms with Gasteiger partial charge in [-0.25, -0.2) is 4.79 Å². The zero-order valence-electron chi connectivity index (χ0n) is 16.6. The molecule has 2 saturated heterocycles. The minimum absolute atomic E-state index is 0.0534. The highest BCUT2D eigenvalue weighted by atomic mass is 16.6. The topological polar surface area (TPSA) is 49.8 Å². The van der Waals surface area contributed by atoms with Crippen molar-refractivity contribution < 1.29 is 14.6 Å². The number of nitrogens with zero attached hydrogens (tertiary/aromatic N) is 1. The Labute approximate surface area is 157 Å². The molecule has 0 saturated carbocycles. The summed E-state index contributed by atoms with van der Waals surface area (Å²) < 4.78 is 5.64. The number of amides is 1. The number of ether oxygens (including phenoxy) is 1. The lowest BCUT2D eigenvalue weighted by Gasteiger charge is -2.51. The first kappa shape index (κ1) is 19.2. The van der Waals surface area contributed by atoms with E-state index in [0.717, 1.165) is 37.7 Å². The Morgan fingerprint density at radius 3 is 2.27 bits per heavy atom. The van der Waals surface area contributed by atoms with Gasteiger partial charge < -0.3 is 14.7 Å². The van der Waals surface area contributed by atoms with E-state index in [9.17, 15) is 9.90 Å². The zero-order chi connectivity index (χ0) is 18.9. The molecule has 0 aromatic heterocycles. The van der Waals surface area contributed by atoms with Gasteiger partial charge in [-0.15, -0.1) is 0 Å². The summed E-state index contributed by atoms with van der Waals surface area (Å²) in [5, 5.41) is 11.4. The van der Waals surface area contributed by atoms with E-state index < -0.39 is 11.2 Å². The maximum atomic E-state index is 12.7. The molecule has 26 heavy (non-hydrogen) atoms. The lowest BCUT2D eigenvalue weighted by atomic mass is 9.72. The summed E-state index contributed by atoms with van der Waals surface area (Å²) in [4.78, 5) is 14.6. The van der Waals surface area contributed by atoms with Crippen molar-refractivity contribution in [3.05, 3.63) is 35.4 Å². The van der Waals surface area contributed by atoms with E-state index in [1.165, 1.54) is 5.56 Å². The molecule has 1 N–H and O–H groups in total. The van der Waals surface area contributed by atoms with E-state index in [1.807, 2.05) is 25.7 Å². The van der Waals surface area contributed by atoms with Crippen LogP contribution in [0, 0.1) is 0 Å².